The van der Waals surface area contributed by atoms with Gasteiger partial charge in [0.1, 0.15) is 0 Å². The number of hydrogen-bond donors (Lipinski definition) is 1. The lowest BCUT2D eigenvalue weighted by atomic mass is 10.1. The van der Waals surface area contributed by atoms with Crippen LogP contribution in [-0.4, -0.2) is 67.6 Å². The number of hydrogen-bond acceptors (Lipinski definition) is 5. The van der Waals surface area contributed by atoms with E-state index < -0.39 is 0 Å². The van der Waals surface area contributed by atoms with Gasteiger partial charge in [-0.25, -0.2) is 0 Å². The Morgan fingerprint density at radius 1 is 1.11 bits per heavy atom. The van der Waals surface area contributed by atoms with E-state index in [0.717, 1.165) is 52.2 Å². The minimum atomic E-state index is 0.147. The first kappa shape index (κ1) is 19.4. The largest absolute Gasteiger partial charge is 0.369 e. The van der Waals surface area contributed by atoms with E-state index in [1.165, 1.54) is 16.1 Å². The first-order chi connectivity index (χ1) is 13.7. The van der Waals surface area contributed by atoms with Crippen LogP contribution in [0.3, 0.4) is 0 Å². The van der Waals surface area contributed by atoms with E-state index in [9.17, 15) is 4.79 Å². The van der Waals surface area contributed by atoms with Gasteiger partial charge in [-0.1, -0.05) is 18.2 Å². The van der Waals surface area contributed by atoms with Crippen LogP contribution in [-0.2, 0) is 17.8 Å². The van der Waals surface area contributed by atoms with Crippen LogP contribution in [0.1, 0.15) is 17.4 Å². The molecule has 28 heavy (non-hydrogen) atoms. The first-order valence-electron chi connectivity index (χ1n) is 10.3. The predicted molar refractivity (Wildman–Crippen MR) is 116 cm³/mol. The fourth-order valence-electron chi connectivity index (χ4n) is 4.15. The summed E-state index contributed by atoms with van der Waals surface area (Å²) in [6.45, 7) is 9.50. The Morgan fingerprint density at radius 2 is 1.89 bits per heavy atom. The summed E-state index contributed by atoms with van der Waals surface area (Å²) in [6.07, 6.45) is 1.07. The van der Waals surface area contributed by atoms with Crippen LogP contribution in [0.25, 0.3) is 0 Å². The number of anilines is 1. The number of benzene rings is 1. The Kier molecular flexibility index (Phi) is 6.29. The van der Waals surface area contributed by atoms with Crippen LogP contribution in [0.15, 0.2) is 41.8 Å². The van der Waals surface area contributed by atoms with E-state index in [1.54, 1.807) is 0 Å². The second-order valence-corrected chi connectivity index (χ2v) is 8.84. The quantitative estimate of drug-likeness (QED) is 0.811. The lowest BCUT2D eigenvalue weighted by Crippen LogP contribution is -2.53. The van der Waals surface area contributed by atoms with Gasteiger partial charge in [-0.05, 0) is 42.5 Å². The second-order valence-electron chi connectivity index (χ2n) is 7.84. The highest BCUT2D eigenvalue weighted by Gasteiger charge is 2.23. The molecule has 6 heteroatoms. The molecule has 2 aromatic rings. The van der Waals surface area contributed by atoms with Crippen molar-refractivity contribution in [2.45, 2.75) is 25.9 Å². The molecule has 2 aliphatic rings. The van der Waals surface area contributed by atoms with Gasteiger partial charge >= 0.3 is 0 Å². The van der Waals surface area contributed by atoms with Gasteiger partial charge in [0.25, 0.3) is 0 Å². The highest BCUT2D eigenvalue weighted by Crippen LogP contribution is 2.23. The van der Waals surface area contributed by atoms with Gasteiger partial charge in [0, 0.05) is 62.4 Å². The molecule has 0 aliphatic carbocycles. The summed E-state index contributed by atoms with van der Waals surface area (Å²) in [5.74, 6) is 0.147. The molecule has 3 heterocycles. The molecular weight excluding hydrogens is 368 g/mol. The summed E-state index contributed by atoms with van der Waals surface area (Å²) >= 11 is 1.84. The van der Waals surface area contributed by atoms with E-state index in [2.05, 4.69) is 68.7 Å². The molecule has 1 aromatic heterocycles. The maximum atomic E-state index is 12.4. The topological polar surface area (TPSA) is 38.8 Å². The third-order valence-electron chi connectivity index (χ3n) is 5.91. The SMILES string of the molecule is CC(CNC(=O)CN1CCc2sccc2C1)N1CCN(c2ccccc2)CC1. The van der Waals surface area contributed by atoms with Crippen molar-refractivity contribution in [1.29, 1.82) is 0 Å². The first-order valence-corrected chi connectivity index (χ1v) is 11.2. The number of nitrogens with one attached hydrogen (secondary N) is 1. The average molecular weight is 399 g/mol. The van der Waals surface area contributed by atoms with Crippen LogP contribution in [0.4, 0.5) is 5.69 Å². The Bertz CT molecular complexity index is 770. The van der Waals surface area contributed by atoms with Crippen molar-refractivity contribution in [3.05, 3.63) is 52.2 Å². The molecule has 5 nitrogen and oxygen atoms in total. The molecule has 4 rings (SSSR count). The summed E-state index contributed by atoms with van der Waals surface area (Å²) in [5.41, 5.74) is 2.70. The summed E-state index contributed by atoms with van der Waals surface area (Å²) in [5, 5.41) is 5.31. The van der Waals surface area contributed by atoms with Crippen LogP contribution in [0, 0.1) is 0 Å². The van der Waals surface area contributed by atoms with E-state index in [0.29, 0.717) is 12.6 Å². The smallest absolute Gasteiger partial charge is 0.234 e. The molecule has 150 valence electrons. The van der Waals surface area contributed by atoms with Gasteiger partial charge < -0.3 is 10.2 Å². The monoisotopic (exact) mass is 398 g/mol. The van der Waals surface area contributed by atoms with E-state index in [-0.39, 0.29) is 5.91 Å². The number of rotatable bonds is 6. The molecule has 1 aromatic carbocycles. The Labute approximate surface area is 171 Å². The molecule has 0 radical (unpaired) electrons. The van der Waals surface area contributed by atoms with Crippen LogP contribution >= 0.6 is 11.3 Å². The van der Waals surface area contributed by atoms with Gasteiger partial charge in [0.15, 0.2) is 0 Å². The molecule has 2 aliphatic heterocycles. The highest BCUT2D eigenvalue weighted by molar-refractivity contribution is 7.10. The molecular formula is C22H30N4OS. The van der Waals surface area contributed by atoms with Crippen molar-refractivity contribution in [3.63, 3.8) is 0 Å². The van der Waals surface area contributed by atoms with Crippen molar-refractivity contribution >= 4 is 22.9 Å². The standard InChI is InChI=1S/C22H30N4OS/c1-18(25-10-12-26(13-11-25)20-5-3-2-4-6-20)15-23-22(27)17-24-9-7-21-19(16-24)8-14-28-21/h2-6,8,14,18H,7,9-13,15-17H2,1H3,(H,23,27). The number of amides is 1. The van der Waals surface area contributed by atoms with E-state index in [1.807, 2.05) is 11.3 Å². The predicted octanol–water partition coefficient (Wildman–Crippen LogP) is 2.43. The summed E-state index contributed by atoms with van der Waals surface area (Å²) in [7, 11) is 0. The van der Waals surface area contributed by atoms with Crippen molar-refractivity contribution in [2.75, 3.05) is 50.7 Å². The molecule has 0 spiro atoms. The van der Waals surface area contributed by atoms with Crippen molar-refractivity contribution < 1.29 is 4.79 Å². The number of nitrogens with zero attached hydrogens (tertiary/aromatic N) is 3. The fraction of sp³-hybridized carbons (Fsp3) is 0.500. The van der Waals surface area contributed by atoms with Gasteiger partial charge in [-0.2, -0.15) is 0 Å². The van der Waals surface area contributed by atoms with Gasteiger partial charge in [-0.3, -0.25) is 14.6 Å². The van der Waals surface area contributed by atoms with Crippen molar-refractivity contribution in [1.82, 2.24) is 15.1 Å². The molecule has 1 unspecified atom stereocenters. The maximum absolute atomic E-state index is 12.4. The maximum Gasteiger partial charge on any atom is 0.234 e. The molecule has 0 saturated carbocycles. The van der Waals surface area contributed by atoms with Crippen molar-refractivity contribution in [2.24, 2.45) is 0 Å². The van der Waals surface area contributed by atoms with Crippen LogP contribution in [0.5, 0.6) is 0 Å². The molecule has 1 fully saturated rings. The third kappa shape index (κ3) is 4.74. The van der Waals surface area contributed by atoms with E-state index >= 15 is 0 Å². The normalized spacial score (nSPS) is 19.2. The number of carbonyl (C=O) groups excluding carboxylic acids is 1. The zero-order valence-electron chi connectivity index (χ0n) is 16.6. The summed E-state index contributed by atoms with van der Waals surface area (Å²) < 4.78 is 0. The molecule has 0 bridgehead atoms. The van der Waals surface area contributed by atoms with Crippen molar-refractivity contribution in [3.8, 4) is 0 Å². The third-order valence-corrected chi connectivity index (χ3v) is 6.93. The second kappa shape index (κ2) is 9.07. The Hall–Kier alpha value is -1.89. The van der Waals surface area contributed by atoms with Gasteiger partial charge in [0.2, 0.25) is 5.91 Å². The fourth-order valence-corrected chi connectivity index (χ4v) is 5.04. The van der Waals surface area contributed by atoms with E-state index in [4.69, 9.17) is 0 Å². The Morgan fingerprint density at radius 3 is 2.68 bits per heavy atom. The van der Waals surface area contributed by atoms with Gasteiger partial charge in [0.05, 0.1) is 6.54 Å². The number of fused-ring (bicyclic) bond motifs is 1. The average Bonchev–Trinajstić information content (AvgIpc) is 3.21. The minimum Gasteiger partial charge on any atom is -0.369 e. The molecule has 1 amide bonds. The number of carbonyl (C=O) groups is 1. The lowest BCUT2D eigenvalue weighted by Gasteiger charge is -2.39. The molecule has 1 atom stereocenters. The number of piperazine rings is 1. The van der Waals surface area contributed by atoms with Gasteiger partial charge in [-0.15, -0.1) is 11.3 Å². The van der Waals surface area contributed by atoms with Crippen LogP contribution < -0.4 is 10.2 Å². The summed E-state index contributed by atoms with van der Waals surface area (Å²) in [6, 6.07) is 13.2. The number of para-hydroxylation sites is 1. The minimum absolute atomic E-state index is 0.147. The van der Waals surface area contributed by atoms with Crippen LogP contribution in [0.2, 0.25) is 0 Å². The Balaban J connectivity index is 1.18. The zero-order valence-corrected chi connectivity index (χ0v) is 17.5. The number of thiophene rings is 1. The lowest BCUT2D eigenvalue weighted by molar-refractivity contribution is -0.122. The summed E-state index contributed by atoms with van der Waals surface area (Å²) in [4.78, 5) is 21.1. The zero-order chi connectivity index (χ0) is 19.3. The molecule has 1 N–H and O–H groups in total. The molecule has 1 saturated heterocycles. The highest BCUT2D eigenvalue weighted by atomic mass is 32.1.